The number of benzene rings is 2. The van der Waals surface area contributed by atoms with E-state index in [-0.39, 0.29) is 18.2 Å². The van der Waals surface area contributed by atoms with E-state index in [0.717, 1.165) is 0 Å². The van der Waals surface area contributed by atoms with Crippen LogP contribution in [0.4, 0.5) is 16.2 Å². The lowest BCUT2D eigenvalue weighted by Crippen LogP contribution is -2.18. The number of hydrogen-bond acceptors (Lipinski definition) is 5. The van der Waals surface area contributed by atoms with Gasteiger partial charge in [0.2, 0.25) is 5.91 Å². The molecule has 1 heterocycles. The Morgan fingerprint density at radius 3 is 2.57 bits per heavy atom. The van der Waals surface area contributed by atoms with Crippen LogP contribution in [-0.2, 0) is 16.1 Å². The van der Waals surface area contributed by atoms with Gasteiger partial charge >= 0.3 is 11.8 Å². The fourth-order valence-corrected chi connectivity index (χ4v) is 2.92. The number of nitrogens with zero attached hydrogens (tertiary/aromatic N) is 1. The molecule has 158 valence electrons. The molecule has 8 heteroatoms. The van der Waals surface area contributed by atoms with Gasteiger partial charge in [-0.2, -0.15) is 0 Å². The standard InChI is InChI=1S/C22H25N3O5/c1-15(2)14-29-21(27)24-17-8-5-7-16(13-17)23-20(26)11-6-12-25-18-9-3-4-10-19(18)30-22(25)28/h3-5,7-10,13,15H,6,11-12,14H2,1-2H3,(H,23,26)(H,24,27). The number of aryl methyl sites for hydroxylation is 1. The van der Waals surface area contributed by atoms with Gasteiger partial charge in [0.1, 0.15) is 0 Å². The van der Waals surface area contributed by atoms with Crippen LogP contribution in [0.3, 0.4) is 0 Å². The highest BCUT2D eigenvalue weighted by atomic mass is 16.5. The Labute approximate surface area is 173 Å². The normalized spacial score (nSPS) is 10.9. The molecule has 0 saturated heterocycles. The van der Waals surface area contributed by atoms with Crippen molar-refractivity contribution in [1.29, 1.82) is 0 Å². The Bertz CT molecular complexity index is 1080. The molecule has 0 unspecified atom stereocenters. The summed E-state index contributed by atoms with van der Waals surface area (Å²) in [6.07, 6.45) is 0.180. The van der Waals surface area contributed by atoms with Crippen molar-refractivity contribution in [2.24, 2.45) is 5.92 Å². The van der Waals surface area contributed by atoms with E-state index >= 15 is 0 Å². The van der Waals surface area contributed by atoms with Crippen molar-refractivity contribution >= 4 is 34.5 Å². The van der Waals surface area contributed by atoms with E-state index in [1.54, 1.807) is 36.4 Å². The molecule has 8 nitrogen and oxygen atoms in total. The molecule has 30 heavy (non-hydrogen) atoms. The maximum atomic E-state index is 12.3. The van der Waals surface area contributed by atoms with Crippen LogP contribution in [0.5, 0.6) is 0 Å². The van der Waals surface area contributed by atoms with Crippen molar-refractivity contribution in [2.45, 2.75) is 33.2 Å². The third-order valence-electron chi connectivity index (χ3n) is 4.30. The van der Waals surface area contributed by atoms with Crippen LogP contribution in [0.1, 0.15) is 26.7 Å². The Hall–Kier alpha value is -3.55. The monoisotopic (exact) mass is 411 g/mol. The molecule has 0 atom stereocenters. The number of ether oxygens (including phenoxy) is 1. The van der Waals surface area contributed by atoms with Gasteiger partial charge in [0.15, 0.2) is 5.58 Å². The first-order valence-corrected chi connectivity index (χ1v) is 9.84. The number of para-hydroxylation sites is 2. The molecule has 0 spiro atoms. The fraction of sp³-hybridized carbons (Fsp3) is 0.318. The third-order valence-corrected chi connectivity index (χ3v) is 4.30. The molecule has 0 bridgehead atoms. The van der Waals surface area contributed by atoms with Gasteiger partial charge in [-0.05, 0) is 42.7 Å². The van der Waals surface area contributed by atoms with Crippen LogP contribution in [0.15, 0.2) is 57.7 Å². The second-order valence-electron chi connectivity index (χ2n) is 7.34. The minimum Gasteiger partial charge on any atom is -0.449 e. The summed E-state index contributed by atoms with van der Waals surface area (Å²) in [4.78, 5) is 36.0. The van der Waals surface area contributed by atoms with E-state index in [2.05, 4.69) is 10.6 Å². The van der Waals surface area contributed by atoms with E-state index in [4.69, 9.17) is 9.15 Å². The first-order chi connectivity index (χ1) is 14.4. The molecule has 3 aromatic rings. The molecule has 0 aliphatic rings. The van der Waals surface area contributed by atoms with Gasteiger partial charge < -0.3 is 14.5 Å². The topological polar surface area (TPSA) is 103 Å². The molecular formula is C22H25N3O5. The fourth-order valence-electron chi connectivity index (χ4n) is 2.92. The van der Waals surface area contributed by atoms with Crippen LogP contribution >= 0.6 is 0 Å². The zero-order valence-corrected chi connectivity index (χ0v) is 17.0. The van der Waals surface area contributed by atoms with Gasteiger partial charge in [-0.3, -0.25) is 14.7 Å². The highest BCUT2D eigenvalue weighted by molar-refractivity contribution is 5.92. The maximum Gasteiger partial charge on any atom is 0.419 e. The summed E-state index contributed by atoms with van der Waals surface area (Å²) in [5, 5.41) is 5.43. The number of fused-ring (bicyclic) bond motifs is 1. The first kappa shape index (κ1) is 21.2. The highest BCUT2D eigenvalue weighted by Gasteiger charge is 2.10. The van der Waals surface area contributed by atoms with Crippen molar-refractivity contribution in [3.05, 3.63) is 59.1 Å². The average Bonchev–Trinajstić information content (AvgIpc) is 3.02. The largest absolute Gasteiger partial charge is 0.449 e. The van der Waals surface area contributed by atoms with E-state index in [9.17, 15) is 14.4 Å². The van der Waals surface area contributed by atoms with E-state index in [0.29, 0.717) is 42.0 Å². The zero-order valence-electron chi connectivity index (χ0n) is 17.0. The Morgan fingerprint density at radius 1 is 1.07 bits per heavy atom. The number of amides is 2. The summed E-state index contributed by atoms with van der Waals surface area (Å²) in [6.45, 7) is 4.62. The Balaban J connectivity index is 1.50. The molecule has 2 amide bonds. The van der Waals surface area contributed by atoms with Gasteiger partial charge in [-0.1, -0.05) is 32.0 Å². The number of nitrogens with one attached hydrogen (secondary N) is 2. The lowest BCUT2D eigenvalue weighted by atomic mass is 10.2. The Morgan fingerprint density at radius 2 is 1.80 bits per heavy atom. The van der Waals surface area contributed by atoms with Crippen LogP contribution < -0.4 is 16.4 Å². The molecule has 0 aliphatic carbocycles. The van der Waals surface area contributed by atoms with E-state index < -0.39 is 11.8 Å². The van der Waals surface area contributed by atoms with E-state index in [1.165, 1.54) is 4.57 Å². The molecule has 2 aromatic carbocycles. The number of anilines is 2. The first-order valence-electron chi connectivity index (χ1n) is 9.84. The molecule has 0 aliphatic heterocycles. The number of oxazole rings is 1. The number of carbonyl (C=O) groups is 2. The van der Waals surface area contributed by atoms with Crippen molar-refractivity contribution in [1.82, 2.24) is 4.57 Å². The van der Waals surface area contributed by atoms with Crippen LogP contribution in [0.25, 0.3) is 11.1 Å². The second kappa shape index (κ2) is 9.78. The smallest absolute Gasteiger partial charge is 0.419 e. The summed E-state index contributed by atoms with van der Waals surface area (Å²) >= 11 is 0. The van der Waals surface area contributed by atoms with Gasteiger partial charge in [0.05, 0.1) is 12.1 Å². The lowest BCUT2D eigenvalue weighted by molar-refractivity contribution is -0.116. The minimum atomic E-state index is -0.537. The van der Waals surface area contributed by atoms with Gasteiger partial charge in [-0.25, -0.2) is 9.59 Å². The third kappa shape index (κ3) is 5.73. The summed E-state index contributed by atoms with van der Waals surface area (Å²) in [5.74, 6) is -0.368. The summed E-state index contributed by atoms with van der Waals surface area (Å²) in [7, 11) is 0. The summed E-state index contributed by atoms with van der Waals surface area (Å²) < 4.78 is 11.8. The van der Waals surface area contributed by atoms with Crippen molar-refractivity contribution in [2.75, 3.05) is 17.2 Å². The van der Waals surface area contributed by atoms with Gasteiger partial charge in [0, 0.05) is 24.3 Å². The van der Waals surface area contributed by atoms with Crippen LogP contribution in [-0.4, -0.2) is 23.2 Å². The number of rotatable bonds is 8. The van der Waals surface area contributed by atoms with Gasteiger partial charge in [0.25, 0.3) is 0 Å². The predicted octanol–water partition coefficient (Wildman–Crippen LogP) is 4.22. The Kier molecular flexibility index (Phi) is 6.90. The van der Waals surface area contributed by atoms with Crippen molar-refractivity contribution < 1.29 is 18.7 Å². The molecule has 3 rings (SSSR count). The van der Waals surface area contributed by atoms with Crippen molar-refractivity contribution in [3.8, 4) is 0 Å². The maximum absolute atomic E-state index is 12.3. The van der Waals surface area contributed by atoms with Crippen LogP contribution in [0.2, 0.25) is 0 Å². The number of hydrogen-bond donors (Lipinski definition) is 2. The zero-order chi connectivity index (χ0) is 21.5. The summed E-state index contributed by atoms with van der Waals surface area (Å²) in [5.41, 5.74) is 2.33. The second-order valence-corrected chi connectivity index (χ2v) is 7.34. The van der Waals surface area contributed by atoms with E-state index in [1.807, 2.05) is 26.0 Å². The molecule has 0 fully saturated rings. The predicted molar refractivity (Wildman–Crippen MR) is 115 cm³/mol. The molecular weight excluding hydrogens is 386 g/mol. The molecule has 2 N–H and O–H groups in total. The molecule has 0 saturated carbocycles. The highest BCUT2D eigenvalue weighted by Crippen LogP contribution is 2.16. The number of carbonyl (C=O) groups excluding carboxylic acids is 2. The summed E-state index contributed by atoms with van der Waals surface area (Å²) in [6, 6.07) is 14.0. The van der Waals surface area contributed by atoms with Gasteiger partial charge in [-0.15, -0.1) is 0 Å². The molecule has 0 radical (unpaired) electrons. The SMILES string of the molecule is CC(C)COC(=O)Nc1cccc(NC(=O)CCCn2c(=O)oc3ccccc32)c1. The van der Waals surface area contributed by atoms with Crippen molar-refractivity contribution in [3.63, 3.8) is 0 Å². The number of aromatic nitrogens is 1. The van der Waals surface area contributed by atoms with Crippen LogP contribution in [0, 0.1) is 5.92 Å². The quantitative estimate of drug-likeness (QED) is 0.578. The lowest BCUT2D eigenvalue weighted by Gasteiger charge is -2.10. The average molecular weight is 411 g/mol. The minimum absolute atomic E-state index is 0.185. The molecule has 1 aromatic heterocycles.